The number of amides is 1. The van der Waals surface area contributed by atoms with Crippen molar-refractivity contribution in [2.24, 2.45) is 0 Å². The number of rotatable bonds is 13. The summed E-state index contributed by atoms with van der Waals surface area (Å²) in [5, 5.41) is 12.8. The molecule has 6 rings (SSSR count). The predicted molar refractivity (Wildman–Crippen MR) is 202 cm³/mol. The van der Waals surface area contributed by atoms with Crippen LogP contribution >= 0.6 is 0 Å². The molecule has 5 aromatic rings. The average molecular weight is 738 g/mol. The summed E-state index contributed by atoms with van der Waals surface area (Å²) in [6, 6.07) is 18.8. The standard InChI is InChI=1S/C39H44FN9O5/c1-24-21-47(39(50)51)15-16-49(24)25(2)29-17-33(35(41-19-29)45-30-18-34(40)37(54-6)42-20-30)36-43-26(3)44-38(46-36)48(22-27-7-11-31(52-4)12-8-27)23-28-9-13-32(53-5)14-10-28/h7-14,17-20,24-25H,15-16,21-23H2,1-6H3,(H,41,45)(H,50,51)/t24?,25-/m0/s1. The molecule has 4 heterocycles. The van der Waals surface area contributed by atoms with Crippen molar-refractivity contribution < 1.29 is 28.5 Å². The molecule has 1 saturated heterocycles. The summed E-state index contributed by atoms with van der Waals surface area (Å²) in [7, 11) is 4.62. The second-order valence-corrected chi connectivity index (χ2v) is 13.1. The fourth-order valence-electron chi connectivity index (χ4n) is 6.50. The van der Waals surface area contributed by atoms with Gasteiger partial charge in [0.1, 0.15) is 23.1 Å². The van der Waals surface area contributed by atoms with Crippen LogP contribution in [-0.4, -0.2) is 92.9 Å². The number of aromatic nitrogens is 5. The normalized spacial score (nSPS) is 15.0. The van der Waals surface area contributed by atoms with Crippen molar-refractivity contribution in [1.29, 1.82) is 0 Å². The molecule has 0 aliphatic carbocycles. The maximum absolute atomic E-state index is 14.8. The first kappa shape index (κ1) is 37.7. The molecule has 1 aliphatic heterocycles. The fraction of sp³-hybridized carbons (Fsp3) is 0.333. The van der Waals surface area contributed by atoms with Crippen LogP contribution in [0.5, 0.6) is 17.4 Å². The van der Waals surface area contributed by atoms with Crippen LogP contribution in [0.3, 0.4) is 0 Å². The average Bonchev–Trinajstić information content (AvgIpc) is 3.18. The fourth-order valence-corrected chi connectivity index (χ4v) is 6.50. The van der Waals surface area contributed by atoms with E-state index in [-0.39, 0.29) is 18.0 Å². The number of ether oxygens (including phenoxy) is 3. The van der Waals surface area contributed by atoms with Crippen LogP contribution in [0.15, 0.2) is 73.1 Å². The lowest BCUT2D eigenvalue weighted by Crippen LogP contribution is -2.53. The molecule has 1 aliphatic rings. The zero-order valence-corrected chi connectivity index (χ0v) is 31.2. The van der Waals surface area contributed by atoms with Crippen molar-refractivity contribution >= 4 is 23.5 Å². The first-order chi connectivity index (χ1) is 26.0. The van der Waals surface area contributed by atoms with Gasteiger partial charge in [-0.05, 0) is 67.8 Å². The van der Waals surface area contributed by atoms with Crippen LogP contribution in [0, 0.1) is 12.7 Å². The van der Waals surface area contributed by atoms with Gasteiger partial charge in [-0.2, -0.15) is 9.97 Å². The zero-order chi connectivity index (χ0) is 38.4. The number of halogens is 1. The highest BCUT2D eigenvalue weighted by Crippen LogP contribution is 2.34. The Morgan fingerprint density at radius 3 is 2.13 bits per heavy atom. The number of hydrogen-bond donors (Lipinski definition) is 2. The van der Waals surface area contributed by atoms with Gasteiger partial charge < -0.3 is 34.4 Å². The number of benzene rings is 2. The molecule has 14 nitrogen and oxygen atoms in total. The van der Waals surface area contributed by atoms with Gasteiger partial charge in [0.2, 0.25) is 11.8 Å². The van der Waals surface area contributed by atoms with E-state index in [1.54, 1.807) is 20.4 Å². The molecule has 0 saturated carbocycles. The smallest absolute Gasteiger partial charge is 0.407 e. The number of piperazine rings is 1. The van der Waals surface area contributed by atoms with Gasteiger partial charge in [-0.1, -0.05) is 24.3 Å². The van der Waals surface area contributed by atoms with Crippen molar-refractivity contribution in [3.63, 3.8) is 0 Å². The third kappa shape index (κ3) is 8.74. The molecule has 54 heavy (non-hydrogen) atoms. The van der Waals surface area contributed by atoms with E-state index in [2.05, 4.69) is 27.0 Å². The third-order valence-electron chi connectivity index (χ3n) is 9.43. The Balaban J connectivity index is 1.41. The predicted octanol–water partition coefficient (Wildman–Crippen LogP) is 6.50. The third-order valence-corrected chi connectivity index (χ3v) is 9.43. The van der Waals surface area contributed by atoms with Gasteiger partial charge >= 0.3 is 6.09 Å². The number of anilines is 3. The van der Waals surface area contributed by atoms with Crippen LogP contribution in [0.1, 0.15) is 42.4 Å². The lowest BCUT2D eigenvalue weighted by molar-refractivity contribution is 0.0529. The quantitative estimate of drug-likeness (QED) is 0.136. The maximum atomic E-state index is 14.8. The molecule has 3 aromatic heterocycles. The van der Waals surface area contributed by atoms with Crippen molar-refractivity contribution in [3.8, 4) is 28.8 Å². The molecule has 2 N–H and O–H groups in total. The Kier molecular flexibility index (Phi) is 11.7. The van der Waals surface area contributed by atoms with Gasteiger partial charge in [0.15, 0.2) is 11.6 Å². The number of nitrogens with zero attached hydrogens (tertiary/aromatic N) is 8. The van der Waals surface area contributed by atoms with E-state index >= 15 is 0 Å². The number of nitrogens with one attached hydrogen (secondary N) is 1. The number of pyridine rings is 2. The molecule has 1 unspecified atom stereocenters. The lowest BCUT2D eigenvalue weighted by atomic mass is 10.0. The molecule has 1 amide bonds. The summed E-state index contributed by atoms with van der Waals surface area (Å²) < 4.78 is 30.5. The van der Waals surface area contributed by atoms with Crippen molar-refractivity contribution in [1.82, 2.24) is 34.7 Å². The zero-order valence-electron chi connectivity index (χ0n) is 31.2. The minimum absolute atomic E-state index is 0.0325. The minimum Gasteiger partial charge on any atom is -0.497 e. The summed E-state index contributed by atoms with van der Waals surface area (Å²) in [5.41, 5.74) is 3.84. The summed E-state index contributed by atoms with van der Waals surface area (Å²) >= 11 is 0. The molecular formula is C39H44FN9O5. The topological polar surface area (TPSA) is 151 Å². The molecule has 1 fully saturated rings. The summed E-state index contributed by atoms with van der Waals surface area (Å²) in [5.74, 6) is 2.44. The number of carbonyl (C=O) groups is 1. The molecule has 0 spiro atoms. The highest BCUT2D eigenvalue weighted by atomic mass is 19.1. The van der Waals surface area contributed by atoms with Gasteiger partial charge in [-0.25, -0.2) is 24.1 Å². The molecular weight excluding hydrogens is 693 g/mol. The highest BCUT2D eigenvalue weighted by molar-refractivity contribution is 5.75. The first-order valence-electron chi connectivity index (χ1n) is 17.5. The number of aryl methyl sites for hydroxylation is 1. The molecule has 0 bridgehead atoms. The molecule has 282 valence electrons. The Bertz CT molecular complexity index is 2020. The molecule has 2 aromatic carbocycles. The van der Waals surface area contributed by atoms with E-state index < -0.39 is 11.9 Å². The molecule has 2 atom stereocenters. The van der Waals surface area contributed by atoms with E-state index in [1.807, 2.05) is 68.4 Å². The molecule has 15 heteroatoms. The monoisotopic (exact) mass is 737 g/mol. The number of methoxy groups -OCH3 is 3. The van der Waals surface area contributed by atoms with Crippen LogP contribution < -0.4 is 24.4 Å². The number of carboxylic acid groups (broad SMARTS) is 1. The Labute approximate surface area is 313 Å². The van der Waals surface area contributed by atoms with Gasteiger partial charge in [0.05, 0.1) is 38.8 Å². The van der Waals surface area contributed by atoms with E-state index in [9.17, 15) is 14.3 Å². The van der Waals surface area contributed by atoms with Crippen molar-refractivity contribution in [2.75, 3.05) is 51.2 Å². The minimum atomic E-state index is -0.924. The first-order valence-corrected chi connectivity index (χ1v) is 17.5. The maximum Gasteiger partial charge on any atom is 0.407 e. The summed E-state index contributed by atoms with van der Waals surface area (Å²) in [6.07, 6.45) is 2.30. The SMILES string of the molecule is COc1ccc(CN(Cc2ccc(OC)cc2)c2nc(C)nc(-c3cc([C@H](C)N4CCN(C(=O)O)CC4C)cnc3Nc3cnc(OC)c(F)c3)n2)cc1. The Morgan fingerprint density at radius 2 is 1.57 bits per heavy atom. The van der Waals surface area contributed by atoms with Crippen LogP contribution in [0.4, 0.5) is 26.6 Å². The second kappa shape index (κ2) is 16.7. The second-order valence-electron chi connectivity index (χ2n) is 13.1. The molecule has 0 radical (unpaired) electrons. The Morgan fingerprint density at radius 1 is 0.926 bits per heavy atom. The van der Waals surface area contributed by atoms with Gasteiger partial charge in [-0.15, -0.1) is 0 Å². The number of hydrogen-bond acceptors (Lipinski definition) is 12. The summed E-state index contributed by atoms with van der Waals surface area (Å²) in [6.45, 7) is 8.21. The van der Waals surface area contributed by atoms with Crippen molar-refractivity contribution in [3.05, 3.63) is 101 Å². The largest absolute Gasteiger partial charge is 0.497 e. The van der Waals surface area contributed by atoms with Crippen LogP contribution in [-0.2, 0) is 13.1 Å². The van der Waals surface area contributed by atoms with Crippen LogP contribution in [0.2, 0.25) is 0 Å². The van der Waals surface area contributed by atoms with E-state index in [0.29, 0.717) is 67.4 Å². The lowest BCUT2D eigenvalue weighted by Gasteiger charge is -2.42. The van der Waals surface area contributed by atoms with E-state index in [1.165, 1.54) is 24.3 Å². The van der Waals surface area contributed by atoms with E-state index in [4.69, 9.17) is 34.1 Å². The van der Waals surface area contributed by atoms with Gasteiger partial charge in [0, 0.05) is 57.1 Å². The summed E-state index contributed by atoms with van der Waals surface area (Å²) in [4.78, 5) is 41.0. The van der Waals surface area contributed by atoms with Crippen LogP contribution in [0.25, 0.3) is 11.4 Å². The van der Waals surface area contributed by atoms with Gasteiger partial charge in [0.25, 0.3) is 0 Å². The highest BCUT2D eigenvalue weighted by Gasteiger charge is 2.31. The van der Waals surface area contributed by atoms with Gasteiger partial charge in [-0.3, -0.25) is 4.90 Å². The van der Waals surface area contributed by atoms with Crippen molar-refractivity contribution in [2.45, 2.75) is 45.9 Å². The van der Waals surface area contributed by atoms with E-state index in [0.717, 1.165) is 28.2 Å². The Hall–Kier alpha value is -6.09.